The largest absolute Gasteiger partial charge is 0.439 e. The van der Waals surface area contributed by atoms with Crippen LogP contribution in [0.15, 0.2) is 22.6 Å². The average Bonchev–Trinajstić information content (AvgIpc) is 2.81. The number of para-hydroxylation sites is 1. The van der Waals surface area contributed by atoms with Crippen molar-refractivity contribution in [2.45, 2.75) is 39.0 Å². The Labute approximate surface area is 119 Å². The van der Waals surface area contributed by atoms with Gasteiger partial charge in [0.2, 0.25) is 0 Å². The van der Waals surface area contributed by atoms with Gasteiger partial charge < -0.3 is 10.2 Å². The van der Waals surface area contributed by atoms with E-state index in [0.29, 0.717) is 16.5 Å². The summed E-state index contributed by atoms with van der Waals surface area (Å²) in [5, 5.41) is 0.628. The third kappa shape index (κ3) is 3.71. The minimum atomic E-state index is 0.628. The van der Waals surface area contributed by atoms with E-state index in [9.17, 15) is 0 Å². The Morgan fingerprint density at radius 1 is 1.32 bits per heavy atom. The van der Waals surface area contributed by atoms with Crippen LogP contribution in [0.4, 0.5) is 0 Å². The molecule has 1 atom stereocenters. The zero-order chi connectivity index (χ0) is 13.7. The van der Waals surface area contributed by atoms with Crippen LogP contribution in [-0.4, -0.2) is 11.5 Å². The first-order chi connectivity index (χ1) is 9.24. The van der Waals surface area contributed by atoms with Gasteiger partial charge in [0.05, 0.1) is 5.02 Å². The van der Waals surface area contributed by atoms with Crippen LogP contribution in [0, 0.1) is 5.92 Å². The highest BCUT2D eigenvalue weighted by molar-refractivity contribution is 6.34. The molecule has 0 aliphatic rings. The number of hydrogen-bond donors (Lipinski definition) is 1. The SMILES string of the molecule is CCCC(CCN)CCc1nc2cccc(Cl)c2o1. The topological polar surface area (TPSA) is 52.0 Å². The van der Waals surface area contributed by atoms with Gasteiger partial charge in [-0.3, -0.25) is 0 Å². The van der Waals surface area contributed by atoms with Gasteiger partial charge in [-0.25, -0.2) is 4.98 Å². The van der Waals surface area contributed by atoms with E-state index in [1.165, 1.54) is 12.8 Å². The second-order valence-corrected chi connectivity index (χ2v) is 5.37. The van der Waals surface area contributed by atoms with E-state index in [2.05, 4.69) is 11.9 Å². The molecule has 0 amide bonds. The van der Waals surface area contributed by atoms with Crippen molar-refractivity contribution >= 4 is 22.7 Å². The summed E-state index contributed by atoms with van der Waals surface area (Å²) in [6.45, 7) is 2.97. The van der Waals surface area contributed by atoms with E-state index in [1.54, 1.807) is 0 Å². The molecule has 0 fully saturated rings. The monoisotopic (exact) mass is 280 g/mol. The number of aryl methyl sites for hydroxylation is 1. The van der Waals surface area contributed by atoms with E-state index in [0.717, 1.165) is 37.2 Å². The van der Waals surface area contributed by atoms with Crippen molar-refractivity contribution in [3.63, 3.8) is 0 Å². The maximum atomic E-state index is 6.08. The van der Waals surface area contributed by atoms with Gasteiger partial charge >= 0.3 is 0 Å². The summed E-state index contributed by atoms with van der Waals surface area (Å²) in [6, 6.07) is 5.65. The van der Waals surface area contributed by atoms with Crippen LogP contribution >= 0.6 is 11.6 Å². The Morgan fingerprint density at radius 2 is 2.16 bits per heavy atom. The van der Waals surface area contributed by atoms with Gasteiger partial charge in [0.15, 0.2) is 11.5 Å². The number of halogens is 1. The van der Waals surface area contributed by atoms with Crippen LogP contribution < -0.4 is 5.73 Å². The molecule has 1 aromatic carbocycles. The molecule has 0 radical (unpaired) electrons. The molecule has 0 aliphatic heterocycles. The van der Waals surface area contributed by atoms with Gasteiger partial charge in [0.25, 0.3) is 0 Å². The molecular formula is C15H21ClN2O. The van der Waals surface area contributed by atoms with Gasteiger partial charge in [0.1, 0.15) is 5.52 Å². The van der Waals surface area contributed by atoms with Crippen molar-refractivity contribution in [3.05, 3.63) is 29.1 Å². The normalized spacial score (nSPS) is 13.0. The summed E-state index contributed by atoms with van der Waals surface area (Å²) >= 11 is 6.08. The quantitative estimate of drug-likeness (QED) is 0.828. The maximum Gasteiger partial charge on any atom is 0.195 e. The number of hydrogen-bond acceptors (Lipinski definition) is 3. The van der Waals surface area contributed by atoms with E-state index in [-0.39, 0.29) is 0 Å². The molecule has 3 nitrogen and oxygen atoms in total. The zero-order valence-corrected chi connectivity index (χ0v) is 12.1. The number of aromatic nitrogens is 1. The van der Waals surface area contributed by atoms with Gasteiger partial charge in [0, 0.05) is 6.42 Å². The number of rotatable bonds is 7. The van der Waals surface area contributed by atoms with Crippen LogP contribution in [0.1, 0.15) is 38.5 Å². The molecule has 0 bridgehead atoms. The van der Waals surface area contributed by atoms with E-state index >= 15 is 0 Å². The van der Waals surface area contributed by atoms with Crippen molar-refractivity contribution in [3.8, 4) is 0 Å². The fourth-order valence-corrected chi connectivity index (χ4v) is 2.68. The molecule has 104 valence electrons. The average molecular weight is 281 g/mol. The van der Waals surface area contributed by atoms with Gasteiger partial charge in [-0.15, -0.1) is 0 Å². The van der Waals surface area contributed by atoms with Crippen molar-refractivity contribution < 1.29 is 4.42 Å². The summed E-state index contributed by atoms with van der Waals surface area (Å²) in [4.78, 5) is 4.48. The first-order valence-electron chi connectivity index (χ1n) is 6.98. The summed E-state index contributed by atoms with van der Waals surface area (Å²) in [6.07, 6.45) is 5.43. The molecule has 4 heteroatoms. The molecule has 1 unspecified atom stereocenters. The zero-order valence-electron chi connectivity index (χ0n) is 11.4. The van der Waals surface area contributed by atoms with Crippen LogP contribution in [0.25, 0.3) is 11.1 Å². The van der Waals surface area contributed by atoms with Crippen molar-refractivity contribution in [1.29, 1.82) is 0 Å². The van der Waals surface area contributed by atoms with Crippen molar-refractivity contribution in [1.82, 2.24) is 4.98 Å². The van der Waals surface area contributed by atoms with Crippen LogP contribution in [0.5, 0.6) is 0 Å². The number of fused-ring (bicyclic) bond motifs is 1. The maximum absolute atomic E-state index is 6.08. The summed E-state index contributed by atoms with van der Waals surface area (Å²) in [5.41, 5.74) is 7.19. The highest BCUT2D eigenvalue weighted by Crippen LogP contribution is 2.25. The van der Waals surface area contributed by atoms with Crippen LogP contribution in [0.2, 0.25) is 5.02 Å². The van der Waals surface area contributed by atoms with Crippen molar-refractivity contribution in [2.75, 3.05) is 6.54 Å². The Bertz CT molecular complexity index is 518. The fourth-order valence-electron chi connectivity index (χ4n) is 2.47. The lowest BCUT2D eigenvalue weighted by Gasteiger charge is -2.13. The first-order valence-corrected chi connectivity index (χ1v) is 7.36. The number of oxazole rings is 1. The second kappa shape index (κ2) is 6.92. The minimum absolute atomic E-state index is 0.628. The number of nitrogens with two attached hydrogens (primary N) is 1. The summed E-state index contributed by atoms with van der Waals surface area (Å²) in [5.74, 6) is 1.45. The first kappa shape index (κ1) is 14.4. The Hall–Kier alpha value is -1.06. The predicted molar refractivity (Wildman–Crippen MR) is 79.4 cm³/mol. The summed E-state index contributed by atoms with van der Waals surface area (Å²) < 4.78 is 5.73. The van der Waals surface area contributed by atoms with Gasteiger partial charge in [-0.2, -0.15) is 0 Å². The highest BCUT2D eigenvalue weighted by atomic mass is 35.5. The lowest BCUT2D eigenvalue weighted by Crippen LogP contribution is -2.09. The lowest BCUT2D eigenvalue weighted by molar-refractivity contribution is 0.398. The van der Waals surface area contributed by atoms with Crippen LogP contribution in [-0.2, 0) is 6.42 Å². The molecule has 0 saturated heterocycles. The second-order valence-electron chi connectivity index (χ2n) is 4.97. The van der Waals surface area contributed by atoms with E-state index in [1.807, 2.05) is 18.2 Å². The molecule has 0 aliphatic carbocycles. The van der Waals surface area contributed by atoms with Gasteiger partial charge in [-0.05, 0) is 37.4 Å². The van der Waals surface area contributed by atoms with Crippen LogP contribution in [0.3, 0.4) is 0 Å². The molecule has 2 N–H and O–H groups in total. The molecule has 2 rings (SSSR count). The molecule has 1 aromatic heterocycles. The smallest absolute Gasteiger partial charge is 0.195 e. The third-order valence-electron chi connectivity index (χ3n) is 3.45. The minimum Gasteiger partial charge on any atom is -0.439 e. The standard InChI is InChI=1S/C15H21ClN2O/c1-2-4-11(9-10-17)7-8-14-18-13-6-3-5-12(16)15(13)19-14/h3,5-6,11H,2,4,7-10,17H2,1H3. The Morgan fingerprint density at radius 3 is 2.84 bits per heavy atom. The van der Waals surface area contributed by atoms with E-state index < -0.39 is 0 Å². The molecule has 0 spiro atoms. The van der Waals surface area contributed by atoms with E-state index in [4.69, 9.17) is 21.8 Å². The molecule has 19 heavy (non-hydrogen) atoms. The van der Waals surface area contributed by atoms with Gasteiger partial charge in [-0.1, -0.05) is 37.4 Å². The summed E-state index contributed by atoms with van der Waals surface area (Å²) in [7, 11) is 0. The number of nitrogens with zero attached hydrogens (tertiary/aromatic N) is 1. The van der Waals surface area contributed by atoms with Crippen molar-refractivity contribution in [2.24, 2.45) is 11.7 Å². The molecule has 2 aromatic rings. The molecule has 0 saturated carbocycles. The fraction of sp³-hybridized carbons (Fsp3) is 0.533. The molecule has 1 heterocycles. The number of benzene rings is 1. The lowest BCUT2D eigenvalue weighted by atomic mass is 9.94. The molecular weight excluding hydrogens is 260 g/mol. The Kier molecular flexibility index (Phi) is 5.23. The highest BCUT2D eigenvalue weighted by Gasteiger charge is 2.12. The Balaban J connectivity index is 2.02. The predicted octanol–water partition coefficient (Wildman–Crippen LogP) is 4.18. The third-order valence-corrected chi connectivity index (χ3v) is 3.75.